The fourth-order valence-corrected chi connectivity index (χ4v) is 6.80. The van der Waals surface area contributed by atoms with Gasteiger partial charge in [-0.1, -0.05) is 31.7 Å². The number of methoxy groups -OCH3 is 1. The van der Waals surface area contributed by atoms with Gasteiger partial charge in [0.25, 0.3) is 5.56 Å². The molecular formula is C23H25N3O3S3. The van der Waals surface area contributed by atoms with Gasteiger partial charge in [0.05, 0.1) is 18.2 Å². The van der Waals surface area contributed by atoms with Gasteiger partial charge in [-0.3, -0.25) is 14.2 Å². The van der Waals surface area contributed by atoms with Gasteiger partial charge < -0.3 is 10.1 Å². The lowest BCUT2D eigenvalue weighted by Gasteiger charge is -2.28. The number of hydrogen-bond acceptors (Lipinski definition) is 7. The second kappa shape index (κ2) is 9.33. The molecule has 32 heavy (non-hydrogen) atoms. The molecule has 0 aliphatic carbocycles. The number of carbonyl (C=O) groups is 1. The van der Waals surface area contributed by atoms with Crippen LogP contribution >= 0.6 is 34.9 Å². The van der Waals surface area contributed by atoms with Gasteiger partial charge in [-0.2, -0.15) is 0 Å². The van der Waals surface area contributed by atoms with E-state index in [1.165, 1.54) is 16.6 Å². The first-order valence-electron chi connectivity index (χ1n) is 10.2. The number of carbonyl (C=O) groups excluding carboxylic acids is 1. The molecule has 0 spiro atoms. The summed E-state index contributed by atoms with van der Waals surface area (Å²) < 4.78 is 6.87. The fourth-order valence-electron chi connectivity index (χ4n) is 3.61. The minimum Gasteiger partial charge on any atom is -0.497 e. The average molecular weight is 488 g/mol. The monoisotopic (exact) mass is 487 g/mol. The molecule has 1 aliphatic rings. The predicted molar refractivity (Wildman–Crippen MR) is 136 cm³/mol. The lowest BCUT2D eigenvalue weighted by Crippen LogP contribution is -2.27. The highest BCUT2D eigenvalue weighted by Crippen LogP contribution is 2.44. The molecule has 0 radical (unpaired) electrons. The average Bonchev–Trinajstić information content (AvgIpc) is 3.11. The summed E-state index contributed by atoms with van der Waals surface area (Å²) >= 11 is 4.78. The second-order valence-electron chi connectivity index (χ2n) is 8.07. The van der Waals surface area contributed by atoms with Gasteiger partial charge in [-0.05, 0) is 36.2 Å². The number of benzene rings is 1. The molecule has 9 heteroatoms. The predicted octanol–water partition coefficient (Wildman–Crippen LogP) is 4.95. The summed E-state index contributed by atoms with van der Waals surface area (Å²) in [4.78, 5) is 32.7. The van der Waals surface area contributed by atoms with Crippen molar-refractivity contribution >= 4 is 56.7 Å². The molecule has 1 aliphatic heterocycles. The Bertz CT molecular complexity index is 1230. The van der Waals surface area contributed by atoms with E-state index in [1.807, 2.05) is 11.8 Å². The minimum atomic E-state index is -0.164. The number of thioether (sulfide) groups is 2. The van der Waals surface area contributed by atoms with Gasteiger partial charge in [0.1, 0.15) is 10.6 Å². The molecule has 0 bridgehead atoms. The Labute approximate surface area is 199 Å². The summed E-state index contributed by atoms with van der Waals surface area (Å²) in [6, 6.07) is 7.15. The number of rotatable bonds is 7. The molecule has 2 aromatic heterocycles. The smallest absolute Gasteiger partial charge is 0.263 e. The molecule has 168 valence electrons. The molecule has 0 unspecified atom stereocenters. The van der Waals surface area contributed by atoms with Crippen molar-refractivity contribution in [1.29, 1.82) is 0 Å². The van der Waals surface area contributed by atoms with Crippen LogP contribution in [-0.4, -0.2) is 33.1 Å². The highest BCUT2D eigenvalue weighted by atomic mass is 32.2. The van der Waals surface area contributed by atoms with Gasteiger partial charge >= 0.3 is 0 Å². The van der Waals surface area contributed by atoms with E-state index in [0.717, 1.165) is 33.7 Å². The molecule has 0 atom stereocenters. The van der Waals surface area contributed by atoms with Crippen molar-refractivity contribution in [2.75, 3.05) is 18.2 Å². The summed E-state index contributed by atoms with van der Waals surface area (Å²) in [5.41, 5.74) is 1.78. The van der Waals surface area contributed by atoms with E-state index >= 15 is 0 Å². The Morgan fingerprint density at radius 2 is 2.12 bits per heavy atom. The number of fused-ring (bicyclic) bond motifs is 3. The van der Waals surface area contributed by atoms with Crippen molar-refractivity contribution < 1.29 is 9.53 Å². The first-order chi connectivity index (χ1) is 15.3. The van der Waals surface area contributed by atoms with Crippen LogP contribution in [0.2, 0.25) is 0 Å². The zero-order valence-electron chi connectivity index (χ0n) is 18.3. The Morgan fingerprint density at radius 3 is 2.81 bits per heavy atom. The maximum Gasteiger partial charge on any atom is 0.263 e. The van der Waals surface area contributed by atoms with Crippen LogP contribution in [-0.2, 0) is 23.5 Å². The largest absolute Gasteiger partial charge is 0.497 e. The third-order valence-corrected chi connectivity index (χ3v) is 8.82. The number of anilines is 1. The zero-order chi connectivity index (χ0) is 22.9. The van der Waals surface area contributed by atoms with Crippen molar-refractivity contribution in [1.82, 2.24) is 9.55 Å². The van der Waals surface area contributed by atoms with Gasteiger partial charge in [0.2, 0.25) is 5.91 Å². The van der Waals surface area contributed by atoms with Gasteiger partial charge in [-0.15, -0.1) is 29.7 Å². The van der Waals surface area contributed by atoms with E-state index in [4.69, 9.17) is 9.72 Å². The normalized spacial score (nSPS) is 14.7. The van der Waals surface area contributed by atoms with E-state index in [2.05, 4.69) is 25.7 Å². The van der Waals surface area contributed by atoms with Crippen LogP contribution in [0.3, 0.4) is 0 Å². The van der Waals surface area contributed by atoms with Crippen LogP contribution in [0.4, 0.5) is 5.69 Å². The van der Waals surface area contributed by atoms with E-state index in [0.29, 0.717) is 17.4 Å². The fraction of sp³-hybridized carbons (Fsp3) is 0.348. The van der Waals surface area contributed by atoms with E-state index < -0.39 is 0 Å². The van der Waals surface area contributed by atoms with Crippen LogP contribution in [0.1, 0.15) is 24.3 Å². The van der Waals surface area contributed by atoms with Gasteiger partial charge in [0.15, 0.2) is 5.16 Å². The van der Waals surface area contributed by atoms with Crippen LogP contribution < -0.4 is 15.6 Å². The minimum absolute atomic E-state index is 0.0480. The maximum absolute atomic E-state index is 13.4. The van der Waals surface area contributed by atoms with E-state index in [-0.39, 0.29) is 22.0 Å². The molecule has 1 amide bonds. The number of ether oxygens (including phenoxy) is 1. The highest BCUT2D eigenvalue weighted by Gasteiger charge is 2.31. The van der Waals surface area contributed by atoms with E-state index in [1.54, 1.807) is 53.4 Å². The molecule has 0 saturated heterocycles. The quantitative estimate of drug-likeness (QED) is 0.289. The number of nitrogens with one attached hydrogen (secondary N) is 1. The molecule has 1 aromatic carbocycles. The number of thiophene rings is 1. The first-order valence-corrected chi connectivity index (χ1v) is 13.0. The van der Waals surface area contributed by atoms with Crippen LogP contribution in [0, 0.1) is 0 Å². The molecular weight excluding hydrogens is 462 g/mol. The van der Waals surface area contributed by atoms with Crippen molar-refractivity contribution in [2.45, 2.75) is 42.5 Å². The standard InChI is InChI=1S/C23H25N3O3S3/c1-5-10-26-21(28)19-16-11-23(2,3)31-12-17(16)32-20(19)25-22(26)30-13-18(27)24-14-6-8-15(29-4)9-7-14/h5-9H,1,10-13H2,2-4H3,(H,24,27). The molecule has 4 rings (SSSR count). The Balaban J connectivity index is 1.59. The Kier molecular flexibility index (Phi) is 6.69. The van der Waals surface area contributed by atoms with E-state index in [9.17, 15) is 9.59 Å². The summed E-state index contributed by atoms with van der Waals surface area (Å²) in [6.07, 6.45) is 2.55. The maximum atomic E-state index is 13.4. The Morgan fingerprint density at radius 1 is 1.38 bits per heavy atom. The van der Waals surface area contributed by atoms with Crippen molar-refractivity contribution in [3.05, 3.63) is 57.7 Å². The molecule has 0 saturated carbocycles. The number of hydrogen-bond donors (Lipinski definition) is 1. The van der Waals surface area contributed by atoms with Crippen molar-refractivity contribution in [3.8, 4) is 5.75 Å². The molecule has 0 fully saturated rings. The number of aromatic nitrogens is 2. The Hall–Kier alpha value is -2.23. The SMILES string of the molecule is C=CCn1c(SCC(=O)Nc2ccc(OC)cc2)nc2sc3c(c2c1=O)CC(C)(C)SC3. The number of allylic oxidation sites excluding steroid dienone is 1. The lowest BCUT2D eigenvalue weighted by atomic mass is 10.00. The lowest BCUT2D eigenvalue weighted by molar-refractivity contribution is -0.113. The van der Waals surface area contributed by atoms with Gasteiger partial charge in [-0.25, -0.2) is 4.98 Å². The van der Waals surface area contributed by atoms with Crippen LogP contribution in [0.15, 0.2) is 46.9 Å². The third-order valence-electron chi connectivity index (χ3n) is 5.17. The third kappa shape index (κ3) is 4.74. The summed E-state index contributed by atoms with van der Waals surface area (Å²) in [5.74, 6) is 1.61. The van der Waals surface area contributed by atoms with Crippen molar-refractivity contribution in [2.24, 2.45) is 0 Å². The topological polar surface area (TPSA) is 73.2 Å². The highest BCUT2D eigenvalue weighted by molar-refractivity contribution is 8.00. The second-order valence-corrected chi connectivity index (χ2v) is 11.8. The molecule has 6 nitrogen and oxygen atoms in total. The molecule has 1 N–H and O–H groups in total. The first kappa shape index (κ1) is 22.9. The van der Waals surface area contributed by atoms with Crippen LogP contribution in [0.25, 0.3) is 10.2 Å². The summed E-state index contributed by atoms with van der Waals surface area (Å²) in [6.45, 7) is 8.58. The van der Waals surface area contributed by atoms with Gasteiger partial charge in [0, 0.05) is 27.6 Å². The number of nitrogens with zero attached hydrogens (tertiary/aromatic N) is 2. The zero-order valence-corrected chi connectivity index (χ0v) is 20.7. The summed E-state index contributed by atoms with van der Waals surface area (Å²) in [7, 11) is 1.60. The molecule has 3 heterocycles. The number of amides is 1. The van der Waals surface area contributed by atoms with Crippen molar-refractivity contribution in [3.63, 3.8) is 0 Å². The molecule has 3 aromatic rings. The van der Waals surface area contributed by atoms with Crippen LogP contribution in [0.5, 0.6) is 5.75 Å². The summed E-state index contributed by atoms with van der Waals surface area (Å²) in [5, 5.41) is 4.13.